The van der Waals surface area contributed by atoms with Crippen molar-refractivity contribution in [3.05, 3.63) is 23.8 Å². The molecule has 12 heteroatoms. The van der Waals surface area contributed by atoms with E-state index in [1.54, 1.807) is 34.6 Å². The third-order valence-electron chi connectivity index (χ3n) is 7.31. The largest absolute Gasteiger partial charge is 0.458 e. The summed E-state index contributed by atoms with van der Waals surface area (Å²) in [6.07, 6.45) is -8.61. The van der Waals surface area contributed by atoms with Crippen molar-refractivity contribution >= 4 is 23.9 Å². The van der Waals surface area contributed by atoms with Crippen LogP contribution in [0.15, 0.2) is 23.8 Å². The van der Waals surface area contributed by atoms with Crippen LogP contribution in [0.5, 0.6) is 0 Å². The van der Waals surface area contributed by atoms with Crippen molar-refractivity contribution in [2.24, 2.45) is 17.8 Å². The molecule has 0 radical (unpaired) electrons. The van der Waals surface area contributed by atoms with E-state index in [4.69, 9.17) is 18.9 Å². The molecular formula is C30H48O12. The Morgan fingerprint density at radius 3 is 1.93 bits per heavy atom. The first-order chi connectivity index (χ1) is 19.1. The second-order valence-electron chi connectivity index (χ2n) is 12.2. The molecule has 1 aliphatic carbocycles. The number of hydrogen-bond acceptors (Lipinski definition) is 12. The molecule has 0 aromatic heterocycles. The molecule has 0 aliphatic heterocycles. The minimum atomic E-state index is -2.29. The maximum Gasteiger partial charge on any atom is 0.333 e. The monoisotopic (exact) mass is 600 g/mol. The minimum Gasteiger partial charge on any atom is -0.458 e. The van der Waals surface area contributed by atoms with Crippen molar-refractivity contribution in [2.45, 2.75) is 123 Å². The highest BCUT2D eigenvalue weighted by atomic mass is 16.6. The van der Waals surface area contributed by atoms with Gasteiger partial charge in [-0.1, -0.05) is 40.3 Å². The van der Waals surface area contributed by atoms with E-state index in [1.807, 2.05) is 0 Å². The summed E-state index contributed by atoms with van der Waals surface area (Å²) < 4.78 is 22.3. The fraction of sp³-hybridized carbons (Fsp3) is 0.733. The number of carbonyl (C=O) groups is 4. The minimum absolute atomic E-state index is 0.0992. The third kappa shape index (κ3) is 9.10. The van der Waals surface area contributed by atoms with Gasteiger partial charge in [-0.2, -0.15) is 0 Å². The van der Waals surface area contributed by atoms with Crippen LogP contribution in [0.25, 0.3) is 0 Å². The first-order valence-corrected chi connectivity index (χ1v) is 14.0. The quantitative estimate of drug-likeness (QED) is 0.110. The van der Waals surface area contributed by atoms with E-state index in [0.29, 0.717) is 0 Å². The zero-order valence-corrected chi connectivity index (χ0v) is 26.2. The van der Waals surface area contributed by atoms with Crippen LogP contribution < -0.4 is 0 Å². The Labute approximate surface area is 247 Å². The van der Waals surface area contributed by atoms with Crippen molar-refractivity contribution < 1.29 is 58.6 Å². The number of ether oxygens (including phenoxy) is 4. The van der Waals surface area contributed by atoms with Gasteiger partial charge >= 0.3 is 23.9 Å². The van der Waals surface area contributed by atoms with Gasteiger partial charge in [-0.3, -0.25) is 14.4 Å². The number of carbonyl (C=O) groups excluding carboxylic acids is 4. The predicted molar refractivity (Wildman–Crippen MR) is 150 cm³/mol. The van der Waals surface area contributed by atoms with Crippen LogP contribution in [-0.2, 0) is 38.1 Å². The molecule has 1 rings (SSSR count). The van der Waals surface area contributed by atoms with E-state index in [2.05, 4.69) is 6.58 Å². The van der Waals surface area contributed by atoms with Crippen LogP contribution >= 0.6 is 0 Å². The van der Waals surface area contributed by atoms with Crippen molar-refractivity contribution in [3.63, 3.8) is 0 Å². The van der Waals surface area contributed by atoms with Gasteiger partial charge in [0.05, 0.1) is 29.5 Å². The molecule has 0 aromatic rings. The van der Waals surface area contributed by atoms with Crippen LogP contribution in [0, 0.1) is 17.8 Å². The number of esters is 4. The lowest BCUT2D eigenvalue weighted by Gasteiger charge is -2.52. The van der Waals surface area contributed by atoms with E-state index in [0.717, 1.165) is 13.8 Å². The van der Waals surface area contributed by atoms with Gasteiger partial charge in [0.15, 0.2) is 18.3 Å². The molecule has 0 saturated heterocycles. The number of hydrogen-bond donors (Lipinski definition) is 4. The molecule has 1 aliphatic rings. The Bertz CT molecular complexity index is 1040. The summed E-state index contributed by atoms with van der Waals surface area (Å²) in [7, 11) is 0. The molecule has 8 unspecified atom stereocenters. The standard InChI is InChI=1S/C30H48O12/c1-12-16(6)28(36)42-24-22(33)21(17(7)19(40-26(34)14(2)3)13-20(32)29(9,10)37)23(41-27(35)15(4)5)25(30(24,11)38)39-18(8)31/h12,14-15,19-25,32-33,37-38H,7,13H2,1-6,8-11H3/b16-12-. The van der Waals surface area contributed by atoms with E-state index in [1.165, 1.54) is 26.8 Å². The molecule has 240 valence electrons. The highest BCUT2D eigenvalue weighted by molar-refractivity contribution is 5.87. The fourth-order valence-corrected chi connectivity index (χ4v) is 4.38. The van der Waals surface area contributed by atoms with Gasteiger partial charge in [-0.05, 0) is 40.2 Å². The molecular weight excluding hydrogens is 552 g/mol. The third-order valence-corrected chi connectivity index (χ3v) is 7.31. The Morgan fingerprint density at radius 1 is 0.976 bits per heavy atom. The average Bonchev–Trinajstić information content (AvgIpc) is 2.86. The first-order valence-electron chi connectivity index (χ1n) is 14.0. The molecule has 0 amide bonds. The summed E-state index contributed by atoms with van der Waals surface area (Å²) in [6, 6.07) is 0. The number of aliphatic hydroxyl groups excluding tert-OH is 2. The summed E-state index contributed by atoms with van der Waals surface area (Å²) in [5.41, 5.74) is -3.87. The van der Waals surface area contributed by atoms with Gasteiger partial charge in [0.25, 0.3) is 0 Å². The van der Waals surface area contributed by atoms with Crippen LogP contribution in [0.3, 0.4) is 0 Å². The first kappa shape index (κ1) is 37.2. The summed E-state index contributed by atoms with van der Waals surface area (Å²) in [5, 5.41) is 44.4. The van der Waals surface area contributed by atoms with Gasteiger partial charge in [0.1, 0.15) is 17.8 Å². The summed E-state index contributed by atoms with van der Waals surface area (Å²) in [4.78, 5) is 50.5. The topological polar surface area (TPSA) is 186 Å². The Morgan fingerprint density at radius 2 is 1.50 bits per heavy atom. The Hall–Kier alpha value is -2.80. The fourth-order valence-electron chi connectivity index (χ4n) is 4.38. The van der Waals surface area contributed by atoms with Gasteiger partial charge in [-0.25, -0.2) is 4.79 Å². The molecule has 42 heavy (non-hydrogen) atoms. The smallest absolute Gasteiger partial charge is 0.333 e. The van der Waals surface area contributed by atoms with Gasteiger partial charge in [0, 0.05) is 18.9 Å². The van der Waals surface area contributed by atoms with E-state index >= 15 is 0 Å². The normalized spacial score (nSPS) is 28.1. The molecule has 0 spiro atoms. The summed E-state index contributed by atoms with van der Waals surface area (Å²) >= 11 is 0. The highest BCUT2D eigenvalue weighted by Gasteiger charge is 2.63. The lowest BCUT2D eigenvalue weighted by Crippen LogP contribution is -2.70. The van der Waals surface area contributed by atoms with E-state index in [9.17, 15) is 39.6 Å². The lowest BCUT2D eigenvalue weighted by atomic mass is 9.67. The molecule has 1 saturated carbocycles. The van der Waals surface area contributed by atoms with Gasteiger partial charge in [-0.15, -0.1) is 0 Å². The zero-order valence-electron chi connectivity index (χ0n) is 26.2. The SMILES string of the molecule is C=C(C(CC(O)C(C)(C)O)OC(=O)C(C)C)C1C(O)C(OC(=O)/C(C)=C\C)C(C)(O)C(OC(C)=O)C1OC(=O)C(C)C. The predicted octanol–water partition coefficient (Wildman–Crippen LogP) is 1.75. The maximum atomic E-state index is 12.9. The summed E-state index contributed by atoms with van der Waals surface area (Å²) in [6.45, 7) is 18.2. The second-order valence-corrected chi connectivity index (χ2v) is 12.2. The maximum absolute atomic E-state index is 12.9. The molecule has 0 heterocycles. The molecule has 4 N–H and O–H groups in total. The number of aliphatic hydroxyl groups is 4. The number of rotatable bonds is 12. The van der Waals surface area contributed by atoms with E-state index in [-0.39, 0.29) is 17.6 Å². The number of allylic oxidation sites excluding steroid dienone is 1. The average molecular weight is 601 g/mol. The Balaban J connectivity index is 3.88. The molecule has 0 aromatic carbocycles. The summed E-state index contributed by atoms with van der Waals surface area (Å²) in [5.74, 6) is -5.98. The van der Waals surface area contributed by atoms with Crippen LogP contribution in [-0.4, -0.2) is 92.1 Å². The molecule has 12 nitrogen and oxygen atoms in total. The van der Waals surface area contributed by atoms with Crippen molar-refractivity contribution in [2.75, 3.05) is 0 Å². The van der Waals surface area contributed by atoms with Crippen molar-refractivity contribution in [1.82, 2.24) is 0 Å². The van der Waals surface area contributed by atoms with Crippen molar-refractivity contribution in [1.29, 1.82) is 0 Å². The van der Waals surface area contributed by atoms with Crippen LogP contribution in [0.2, 0.25) is 0 Å². The molecule has 0 bridgehead atoms. The lowest BCUT2D eigenvalue weighted by molar-refractivity contribution is -0.262. The zero-order chi connectivity index (χ0) is 32.9. The molecule has 1 fully saturated rings. The molecule has 8 atom stereocenters. The highest BCUT2D eigenvalue weighted by Crippen LogP contribution is 2.43. The van der Waals surface area contributed by atoms with Gasteiger partial charge in [0.2, 0.25) is 0 Å². The van der Waals surface area contributed by atoms with E-state index < -0.39 is 89.5 Å². The second kappa shape index (κ2) is 14.6. The van der Waals surface area contributed by atoms with Crippen LogP contribution in [0.1, 0.15) is 75.7 Å². The van der Waals surface area contributed by atoms with Crippen molar-refractivity contribution in [3.8, 4) is 0 Å². The van der Waals surface area contributed by atoms with Gasteiger partial charge < -0.3 is 39.4 Å². The Kier molecular flexibility index (Phi) is 12.9. The van der Waals surface area contributed by atoms with Crippen LogP contribution in [0.4, 0.5) is 0 Å².